The summed E-state index contributed by atoms with van der Waals surface area (Å²) in [4.78, 5) is 33.3. The highest BCUT2D eigenvalue weighted by atomic mass is 35.5. The highest BCUT2D eigenvalue weighted by Crippen LogP contribution is 2.38. The summed E-state index contributed by atoms with van der Waals surface area (Å²) in [6, 6.07) is 26.6. The second-order valence-electron chi connectivity index (χ2n) is 10.7. The van der Waals surface area contributed by atoms with E-state index in [0.29, 0.717) is 53.5 Å². The fourth-order valence-corrected chi connectivity index (χ4v) is 6.93. The van der Waals surface area contributed by atoms with Gasteiger partial charge in [0.15, 0.2) is 16.3 Å². The average Bonchev–Trinajstić information content (AvgIpc) is 3.41. The van der Waals surface area contributed by atoms with E-state index in [0.717, 1.165) is 11.1 Å². The first-order valence-electron chi connectivity index (χ1n) is 15.0. The maximum Gasteiger partial charge on any atom is 0.338 e. The van der Waals surface area contributed by atoms with Crippen molar-refractivity contribution in [1.82, 2.24) is 4.57 Å². The predicted molar refractivity (Wildman–Crippen MR) is 188 cm³/mol. The molecule has 0 N–H and O–H groups in total. The first kappa shape index (κ1) is 33.1. The number of thiazole rings is 1. The lowest BCUT2D eigenvalue weighted by atomic mass is 9.93. The van der Waals surface area contributed by atoms with Crippen LogP contribution >= 0.6 is 34.5 Å². The van der Waals surface area contributed by atoms with E-state index in [-0.39, 0.29) is 24.3 Å². The van der Waals surface area contributed by atoms with Crippen LogP contribution in [0.15, 0.2) is 106 Å². The number of aromatic nitrogens is 1. The number of esters is 1. The molecule has 2 heterocycles. The normalized spacial score (nSPS) is 14.3. The Kier molecular flexibility index (Phi) is 10.0. The van der Waals surface area contributed by atoms with E-state index in [9.17, 15) is 9.59 Å². The third kappa shape index (κ3) is 6.75. The lowest BCUT2D eigenvalue weighted by Gasteiger charge is -2.26. The first-order chi connectivity index (χ1) is 23.3. The van der Waals surface area contributed by atoms with Crippen LogP contribution in [0, 0.1) is 0 Å². The Bertz CT molecular complexity index is 2190. The van der Waals surface area contributed by atoms with Crippen LogP contribution in [-0.4, -0.2) is 31.4 Å². The average molecular weight is 702 g/mol. The van der Waals surface area contributed by atoms with Gasteiger partial charge in [-0.1, -0.05) is 89.1 Å². The molecular formula is C37H30Cl2N2O6S. The molecule has 1 atom stereocenters. The van der Waals surface area contributed by atoms with Crippen molar-refractivity contribution in [3.05, 3.63) is 149 Å². The molecule has 1 aromatic heterocycles. The third-order valence-corrected chi connectivity index (χ3v) is 9.13. The molecule has 0 radical (unpaired) electrons. The molecule has 0 spiro atoms. The molecule has 5 aromatic rings. The summed E-state index contributed by atoms with van der Waals surface area (Å²) >= 11 is 14.0. The van der Waals surface area contributed by atoms with Crippen LogP contribution in [0.4, 0.5) is 0 Å². The zero-order chi connectivity index (χ0) is 33.8. The number of hydrogen-bond acceptors (Lipinski definition) is 8. The molecule has 0 saturated carbocycles. The topological polar surface area (TPSA) is 88.4 Å². The number of hydrogen-bond donors (Lipinski definition) is 0. The zero-order valence-corrected chi connectivity index (χ0v) is 28.6. The summed E-state index contributed by atoms with van der Waals surface area (Å²) in [5, 5.41) is 0.910. The van der Waals surface area contributed by atoms with Crippen molar-refractivity contribution in [3.63, 3.8) is 0 Å². The molecule has 1 aliphatic rings. The van der Waals surface area contributed by atoms with Crippen molar-refractivity contribution in [3.8, 4) is 17.2 Å². The number of benzene rings is 4. The molecule has 0 fully saturated rings. The molecule has 8 nitrogen and oxygen atoms in total. The molecule has 6 rings (SSSR count). The van der Waals surface area contributed by atoms with Crippen molar-refractivity contribution in [2.45, 2.75) is 19.6 Å². The monoisotopic (exact) mass is 700 g/mol. The van der Waals surface area contributed by atoms with Crippen LogP contribution in [0.25, 0.3) is 11.8 Å². The lowest BCUT2D eigenvalue weighted by molar-refractivity contribution is -0.138. The summed E-state index contributed by atoms with van der Waals surface area (Å²) in [7, 11) is 3.10. The quantitative estimate of drug-likeness (QED) is 0.148. The van der Waals surface area contributed by atoms with Gasteiger partial charge in [0.05, 0.1) is 47.7 Å². The number of carbonyl (C=O) groups is 1. The number of rotatable bonds is 10. The van der Waals surface area contributed by atoms with Gasteiger partial charge in [-0.05, 0) is 66.1 Å². The molecule has 244 valence electrons. The molecule has 4 aromatic carbocycles. The minimum atomic E-state index is -0.816. The summed E-state index contributed by atoms with van der Waals surface area (Å²) in [5.41, 5.74) is 3.28. The fraction of sp³-hybridized carbons (Fsp3) is 0.162. The molecule has 0 saturated heterocycles. The van der Waals surface area contributed by atoms with Crippen molar-refractivity contribution in [1.29, 1.82) is 0 Å². The Morgan fingerprint density at radius 1 is 0.958 bits per heavy atom. The molecule has 1 aliphatic heterocycles. The number of methoxy groups -OCH3 is 2. The largest absolute Gasteiger partial charge is 0.497 e. The van der Waals surface area contributed by atoms with Crippen molar-refractivity contribution in [2.24, 2.45) is 4.99 Å². The van der Waals surface area contributed by atoms with E-state index in [2.05, 4.69) is 0 Å². The number of fused-ring (bicyclic) bond motifs is 1. The third-order valence-electron chi connectivity index (χ3n) is 7.63. The van der Waals surface area contributed by atoms with E-state index in [1.54, 1.807) is 50.4 Å². The van der Waals surface area contributed by atoms with Gasteiger partial charge in [-0.2, -0.15) is 0 Å². The van der Waals surface area contributed by atoms with Gasteiger partial charge in [0.1, 0.15) is 12.4 Å². The molecular weight excluding hydrogens is 671 g/mol. The molecule has 0 amide bonds. The molecule has 11 heteroatoms. The minimum absolute atomic E-state index is 0.158. The van der Waals surface area contributed by atoms with E-state index >= 15 is 0 Å². The SMILES string of the molecule is CCOC(=O)C1=C(c2ccccc2)N=c2s/c(=C\c3cc(Cl)c(OCc4cccc(Cl)c4)c(OC)c3)c(=O)n2[C@@H]1c1ccc(OC)cc1. The van der Waals surface area contributed by atoms with Crippen LogP contribution in [0.5, 0.6) is 17.2 Å². The highest BCUT2D eigenvalue weighted by Gasteiger charge is 2.35. The molecule has 0 unspecified atom stereocenters. The summed E-state index contributed by atoms with van der Waals surface area (Å²) < 4.78 is 24.5. The standard InChI is InChI=1S/C37H30Cl2N2O6S/c1-4-46-36(43)31-32(24-10-6-5-7-11-24)40-37-41(33(31)25-13-15-27(44-2)16-14-25)35(42)30(48-37)20-23-18-28(39)34(29(19-23)45-3)47-21-22-9-8-12-26(38)17-22/h5-20,33H,4,21H2,1-3H3/b30-20-/t33-/m1/s1. The summed E-state index contributed by atoms with van der Waals surface area (Å²) in [6.45, 7) is 2.13. The van der Waals surface area contributed by atoms with Gasteiger partial charge in [-0.25, -0.2) is 9.79 Å². The van der Waals surface area contributed by atoms with Gasteiger partial charge in [0.2, 0.25) is 0 Å². The van der Waals surface area contributed by atoms with Crippen LogP contribution < -0.4 is 29.1 Å². The van der Waals surface area contributed by atoms with Gasteiger partial charge < -0.3 is 18.9 Å². The maximum absolute atomic E-state index is 14.3. The number of ether oxygens (including phenoxy) is 4. The Balaban J connectivity index is 1.49. The van der Waals surface area contributed by atoms with Crippen LogP contribution in [0.2, 0.25) is 10.0 Å². The van der Waals surface area contributed by atoms with E-state index in [4.69, 9.17) is 47.1 Å². The van der Waals surface area contributed by atoms with Gasteiger partial charge >= 0.3 is 5.97 Å². The number of carbonyl (C=O) groups excluding carboxylic acids is 1. The smallest absolute Gasteiger partial charge is 0.338 e. The molecule has 48 heavy (non-hydrogen) atoms. The maximum atomic E-state index is 14.3. The van der Waals surface area contributed by atoms with Gasteiger partial charge in [0, 0.05) is 10.6 Å². The number of nitrogens with zero attached hydrogens (tertiary/aromatic N) is 2. The first-order valence-corrected chi connectivity index (χ1v) is 16.6. The zero-order valence-electron chi connectivity index (χ0n) is 26.2. The van der Waals surface area contributed by atoms with Gasteiger partial charge in [-0.15, -0.1) is 0 Å². The van der Waals surface area contributed by atoms with E-state index < -0.39 is 12.0 Å². The highest BCUT2D eigenvalue weighted by molar-refractivity contribution is 7.07. The van der Waals surface area contributed by atoms with Crippen molar-refractivity contribution >= 4 is 52.3 Å². The summed E-state index contributed by atoms with van der Waals surface area (Å²) in [6.07, 6.45) is 1.72. The Morgan fingerprint density at radius 3 is 2.42 bits per heavy atom. The van der Waals surface area contributed by atoms with Crippen LogP contribution in [-0.2, 0) is 16.1 Å². The van der Waals surface area contributed by atoms with Crippen molar-refractivity contribution < 1.29 is 23.7 Å². The Labute approximate surface area is 290 Å². The second kappa shape index (κ2) is 14.5. The van der Waals surface area contributed by atoms with E-state index in [1.807, 2.05) is 60.7 Å². The van der Waals surface area contributed by atoms with Crippen LogP contribution in [0.3, 0.4) is 0 Å². The summed E-state index contributed by atoms with van der Waals surface area (Å²) in [5.74, 6) is 0.849. The minimum Gasteiger partial charge on any atom is -0.497 e. The molecule has 0 bridgehead atoms. The fourth-order valence-electron chi connectivity index (χ4n) is 5.44. The Hall–Kier alpha value is -4.83. The number of halogens is 2. The predicted octanol–water partition coefficient (Wildman–Crippen LogP) is 6.84. The van der Waals surface area contributed by atoms with Gasteiger partial charge in [-0.3, -0.25) is 9.36 Å². The second-order valence-corrected chi connectivity index (χ2v) is 12.5. The van der Waals surface area contributed by atoms with E-state index in [1.165, 1.54) is 23.0 Å². The van der Waals surface area contributed by atoms with Crippen LogP contribution in [0.1, 0.15) is 35.2 Å². The van der Waals surface area contributed by atoms with Crippen molar-refractivity contribution in [2.75, 3.05) is 20.8 Å². The molecule has 0 aliphatic carbocycles. The van der Waals surface area contributed by atoms with Gasteiger partial charge in [0.25, 0.3) is 5.56 Å². The Morgan fingerprint density at radius 2 is 1.73 bits per heavy atom. The lowest BCUT2D eigenvalue weighted by Crippen LogP contribution is -2.40.